The molecule has 0 saturated heterocycles. The third-order valence-electron chi connectivity index (χ3n) is 1.73. The molecule has 0 amide bonds. The summed E-state index contributed by atoms with van der Waals surface area (Å²) in [4.78, 5) is 0. The Labute approximate surface area is 74.3 Å². The Hall–Kier alpha value is -0.365. The minimum atomic E-state index is -2.23. The topological polar surface area (TPSA) is 29.5 Å². The second-order valence-electron chi connectivity index (χ2n) is 2.46. The Kier molecular flexibility index (Phi) is 3.27. The fourth-order valence-corrected chi connectivity index (χ4v) is 2.09. The fraction of sp³-hybridized carbons (Fsp3) is 0.250. The minimum absolute atomic E-state index is 0.118. The first-order chi connectivity index (χ1) is 5.73. The van der Waals surface area contributed by atoms with E-state index in [4.69, 9.17) is 17.2 Å². The van der Waals surface area contributed by atoms with Gasteiger partial charge in [0.1, 0.15) is 7.57 Å². The first-order valence-corrected chi connectivity index (χ1v) is 5.58. The zero-order chi connectivity index (χ0) is 9.03. The van der Waals surface area contributed by atoms with Crippen LogP contribution in [0.15, 0.2) is 30.3 Å². The van der Waals surface area contributed by atoms with Crippen LogP contribution in [0.5, 0.6) is 0 Å². The van der Waals surface area contributed by atoms with Crippen LogP contribution in [0.1, 0.15) is 0 Å². The molecular formula is C8H11BO2P. The molecule has 1 aromatic rings. The smallest absolute Gasteiger partial charge is 0.150 e. The summed E-state index contributed by atoms with van der Waals surface area (Å²) in [5.74, 6) is 0. The molecule has 12 heavy (non-hydrogen) atoms. The van der Waals surface area contributed by atoms with E-state index >= 15 is 0 Å². The molecule has 0 aliphatic carbocycles. The van der Waals surface area contributed by atoms with E-state index in [1.54, 1.807) is 0 Å². The van der Waals surface area contributed by atoms with Crippen LogP contribution >= 0.6 is 7.37 Å². The molecule has 63 valence electrons. The van der Waals surface area contributed by atoms with E-state index in [2.05, 4.69) is 0 Å². The highest BCUT2D eigenvalue weighted by Gasteiger charge is 2.20. The van der Waals surface area contributed by atoms with Gasteiger partial charge in [-0.05, 0) is 12.7 Å². The van der Waals surface area contributed by atoms with Crippen LogP contribution in [0, 0.1) is 0 Å². The Morgan fingerprint density at radius 3 is 2.42 bits per heavy atom. The number of aliphatic hydroxyl groups is 1. The zero-order valence-corrected chi connectivity index (χ0v) is 7.87. The summed E-state index contributed by atoms with van der Waals surface area (Å²) in [5, 5.41) is 9.92. The van der Waals surface area contributed by atoms with Gasteiger partial charge in [-0.1, -0.05) is 30.3 Å². The van der Waals surface area contributed by atoms with Gasteiger partial charge in [0.05, 0.1) is 6.35 Å². The van der Waals surface area contributed by atoms with Gasteiger partial charge in [0.2, 0.25) is 0 Å². The summed E-state index contributed by atoms with van der Waals surface area (Å²) in [5.41, 5.74) is 0. The van der Waals surface area contributed by atoms with Crippen molar-refractivity contribution >= 4 is 20.2 Å². The maximum Gasteiger partial charge on any atom is 0.150 e. The first-order valence-electron chi connectivity index (χ1n) is 3.62. The number of aliphatic hydroxyl groups excluding tert-OH is 1. The molecule has 3 radical (unpaired) electrons. The average Bonchev–Trinajstić information content (AvgIpc) is 2.18. The van der Waals surface area contributed by atoms with Crippen LogP contribution in [0.2, 0.25) is 0 Å². The highest BCUT2D eigenvalue weighted by atomic mass is 31.2. The monoisotopic (exact) mass is 181 g/mol. The molecule has 1 N–H and O–H groups in total. The van der Waals surface area contributed by atoms with Crippen molar-refractivity contribution in [3.05, 3.63) is 30.3 Å². The molecule has 1 rings (SSSR count). The van der Waals surface area contributed by atoms with Crippen LogP contribution in [0.4, 0.5) is 0 Å². The normalized spacial score (nSPS) is 15.5. The van der Waals surface area contributed by atoms with E-state index in [9.17, 15) is 0 Å². The van der Waals surface area contributed by atoms with Crippen molar-refractivity contribution in [2.24, 2.45) is 0 Å². The molecule has 0 aromatic heterocycles. The van der Waals surface area contributed by atoms with Gasteiger partial charge in [0.25, 0.3) is 0 Å². The summed E-state index contributed by atoms with van der Waals surface area (Å²) in [7, 11) is 5.15. The molecule has 0 aliphatic heterocycles. The van der Waals surface area contributed by atoms with Crippen molar-refractivity contribution in [3.63, 3.8) is 0 Å². The van der Waals surface area contributed by atoms with Gasteiger partial charge in [0, 0.05) is 7.11 Å². The Morgan fingerprint density at radius 1 is 1.42 bits per heavy atom. The van der Waals surface area contributed by atoms with Crippen LogP contribution in [-0.2, 0) is 4.52 Å². The minimum Gasteiger partial charge on any atom is -0.390 e. The van der Waals surface area contributed by atoms with Gasteiger partial charge in [0.15, 0.2) is 0 Å². The first kappa shape index (κ1) is 9.72. The molecule has 1 unspecified atom stereocenters. The maximum atomic E-state index is 9.04. The summed E-state index contributed by atoms with van der Waals surface area (Å²) >= 11 is 0. The van der Waals surface area contributed by atoms with E-state index in [1.165, 1.54) is 7.11 Å². The van der Waals surface area contributed by atoms with Gasteiger partial charge < -0.3 is 9.63 Å². The quantitative estimate of drug-likeness (QED) is 0.554. The zero-order valence-electron chi connectivity index (χ0n) is 6.97. The van der Waals surface area contributed by atoms with E-state index in [1.807, 2.05) is 30.3 Å². The van der Waals surface area contributed by atoms with Gasteiger partial charge in [-0.15, -0.1) is 0 Å². The molecule has 1 atom stereocenters. The lowest BCUT2D eigenvalue weighted by atomic mass is 10.4. The van der Waals surface area contributed by atoms with Gasteiger partial charge >= 0.3 is 0 Å². The molecule has 0 spiro atoms. The van der Waals surface area contributed by atoms with Crippen LogP contribution < -0.4 is 5.30 Å². The van der Waals surface area contributed by atoms with E-state index < -0.39 is 7.37 Å². The van der Waals surface area contributed by atoms with E-state index in [-0.39, 0.29) is 6.35 Å². The summed E-state index contributed by atoms with van der Waals surface area (Å²) in [6.07, 6.45) is -0.118. The van der Waals surface area contributed by atoms with Crippen LogP contribution in [0.3, 0.4) is 0 Å². The van der Waals surface area contributed by atoms with Gasteiger partial charge in [-0.25, -0.2) is 0 Å². The maximum absolute atomic E-state index is 9.04. The molecule has 1 aromatic carbocycles. The number of hydrogen-bond donors (Lipinski definition) is 1. The van der Waals surface area contributed by atoms with E-state index in [0.717, 1.165) is 5.30 Å². The van der Waals surface area contributed by atoms with E-state index in [0.29, 0.717) is 0 Å². The van der Waals surface area contributed by atoms with Crippen molar-refractivity contribution < 1.29 is 9.63 Å². The lowest BCUT2D eigenvalue weighted by Crippen LogP contribution is -2.15. The predicted molar refractivity (Wildman–Crippen MR) is 52.8 cm³/mol. The second-order valence-corrected chi connectivity index (χ2v) is 5.21. The summed E-state index contributed by atoms with van der Waals surface area (Å²) < 4.78 is 5.11. The highest BCUT2D eigenvalue weighted by molar-refractivity contribution is 7.99. The SMILES string of the molecule is [B][P](CO)(OC)c1ccccc1. The molecule has 0 heterocycles. The molecule has 2 nitrogen and oxygen atoms in total. The number of rotatable bonds is 3. The average molecular weight is 181 g/mol. The fourth-order valence-electron chi connectivity index (χ4n) is 0.925. The van der Waals surface area contributed by atoms with Crippen molar-refractivity contribution in [2.45, 2.75) is 0 Å². The molecule has 4 heteroatoms. The third-order valence-corrected chi connectivity index (χ3v) is 3.97. The van der Waals surface area contributed by atoms with Crippen molar-refractivity contribution in [1.82, 2.24) is 0 Å². The summed E-state index contributed by atoms with van der Waals surface area (Å²) in [6.45, 7) is 0. The van der Waals surface area contributed by atoms with Gasteiger partial charge in [-0.2, -0.15) is 0 Å². The third kappa shape index (κ3) is 1.86. The van der Waals surface area contributed by atoms with Crippen molar-refractivity contribution in [1.29, 1.82) is 0 Å². The summed E-state index contributed by atoms with van der Waals surface area (Å²) in [6, 6.07) is 9.40. The standard InChI is InChI=1S/C8H11BO2P/c1-11-12(9,7-10)8-5-3-2-4-6-8/h2-6,10H,7H2,1H3. The molecular weight excluding hydrogens is 170 g/mol. The largest absolute Gasteiger partial charge is 0.390 e. The number of hydrogen-bond acceptors (Lipinski definition) is 2. The second kappa shape index (κ2) is 4.04. The Morgan fingerprint density at radius 2 is 2.00 bits per heavy atom. The molecule has 0 fully saturated rings. The van der Waals surface area contributed by atoms with Crippen molar-refractivity contribution in [3.8, 4) is 0 Å². The lowest BCUT2D eigenvalue weighted by molar-refractivity contribution is 0.343. The predicted octanol–water partition coefficient (Wildman–Crippen LogP) is 0.924. The lowest BCUT2D eigenvalue weighted by Gasteiger charge is -2.28. The van der Waals surface area contributed by atoms with Crippen molar-refractivity contribution in [2.75, 3.05) is 13.5 Å². The van der Waals surface area contributed by atoms with Crippen LogP contribution in [-0.4, -0.2) is 26.1 Å². The highest BCUT2D eigenvalue weighted by Crippen LogP contribution is 2.51. The molecule has 0 bridgehead atoms. The Balaban J connectivity index is 2.95. The molecule has 0 aliphatic rings. The van der Waals surface area contributed by atoms with Crippen LogP contribution in [0.25, 0.3) is 0 Å². The Bertz CT molecular complexity index is 236. The number of benzene rings is 1. The molecule has 0 saturated carbocycles. The van der Waals surface area contributed by atoms with Gasteiger partial charge in [-0.3, -0.25) is 0 Å².